The molecule has 5 rings (SSSR count). The Morgan fingerprint density at radius 3 is 2.79 bits per heavy atom. The van der Waals surface area contributed by atoms with E-state index in [2.05, 4.69) is 20.0 Å². The number of piperidine rings is 1. The molecule has 1 aliphatic heterocycles. The first-order valence-corrected chi connectivity index (χ1v) is 11.4. The van der Waals surface area contributed by atoms with Gasteiger partial charge in [-0.15, -0.1) is 0 Å². The molecular weight excluding hydrogens is 457 g/mol. The van der Waals surface area contributed by atoms with Gasteiger partial charge in [0, 0.05) is 36.4 Å². The summed E-state index contributed by atoms with van der Waals surface area (Å²) in [6, 6.07) is 11.6. The highest BCUT2D eigenvalue weighted by molar-refractivity contribution is 6.31. The number of rotatable bonds is 4. The van der Waals surface area contributed by atoms with Crippen LogP contribution in [0.4, 0.5) is 15.9 Å². The van der Waals surface area contributed by atoms with Crippen molar-refractivity contribution in [3.8, 4) is 11.3 Å². The molecule has 0 saturated carbocycles. The third-order valence-corrected chi connectivity index (χ3v) is 6.54. The van der Waals surface area contributed by atoms with Gasteiger partial charge in [0.1, 0.15) is 29.0 Å². The summed E-state index contributed by atoms with van der Waals surface area (Å²) < 4.78 is 18.9. The topological polar surface area (TPSA) is 75.4 Å². The number of nitrogens with zero attached hydrogens (tertiary/aromatic N) is 5. The van der Waals surface area contributed by atoms with Crippen LogP contribution in [0.25, 0.3) is 22.4 Å². The number of fused-ring (bicyclic) bond motifs is 1. The van der Waals surface area contributed by atoms with Crippen molar-refractivity contribution >= 4 is 40.1 Å². The Hall–Kier alpha value is -3.52. The largest absolute Gasteiger partial charge is 0.355 e. The Labute approximate surface area is 201 Å². The number of aromatic nitrogens is 3. The molecule has 1 aliphatic rings. The van der Waals surface area contributed by atoms with Gasteiger partial charge in [0.15, 0.2) is 0 Å². The first-order chi connectivity index (χ1) is 16.4. The number of hydrogen-bond donors (Lipinski definition) is 0. The Morgan fingerprint density at radius 1 is 1.21 bits per heavy atom. The van der Waals surface area contributed by atoms with Crippen molar-refractivity contribution in [2.75, 3.05) is 29.9 Å². The van der Waals surface area contributed by atoms with E-state index in [9.17, 15) is 9.18 Å². The van der Waals surface area contributed by atoms with Crippen LogP contribution in [-0.2, 0) is 4.79 Å². The lowest BCUT2D eigenvalue weighted by Gasteiger charge is -2.35. The molecule has 3 heterocycles. The second kappa shape index (κ2) is 9.02. The highest BCUT2D eigenvalue weighted by Crippen LogP contribution is 2.35. The van der Waals surface area contributed by atoms with E-state index < -0.39 is 0 Å². The molecule has 0 bridgehead atoms. The van der Waals surface area contributed by atoms with E-state index in [1.165, 1.54) is 18.5 Å². The van der Waals surface area contributed by atoms with E-state index in [1.54, 1.807) is 24.1 Å². The molecule has 1 amide bonds. The third kappa shape index (κ3) is 4.09. The zero-order valence-corrected chi connectivity index (χ0v) is 19.6. The molecule has 0 N–H and O–H groups in total. The van der Waals surface area contributed by atoms with E-state index in [-0.39, 0.29) is 17.6 Å². The molecule has 0 radical (unpaired) electrons. The summed E-state index contributed by atoms with van der Waals surface area (Å²) in [6.45, 7) is 3.20. The molecule has 1 atom stereocenters. The van der Waals surface area contributed by atoms with Crippen LogP contribution in [0, 0.1) is 18.7 Å². The maximum absolute atomic E-state index is 13.4. The molecule has 1 saturated heterocycles. The number of carbonyl (C=O) groups excluding carboxylic acids is 1. The maximum atomic E-state index is 13.4. The summed E-state index contributed by atoms with van der Waals surface area (Å²) in [7, 11) is 1.79. The highest BCUT2D eigenvalue weighted by atomic mass is 35.5. The van der Waals surface area contributed by atoms with Crippen LogP contribution in [-0.4, -0.2) is 41.2 Å². The Morgan fingerprint density at radius 2 is 2.00 bits per heavy atom. The number of benzene rings is 2. The Bertz CT molecular complexity index is 1360. The molecular formula is C25H23ClFN5O2. The second-order valence-corrected chi connectivity index (χ2v) is 8.97. The zero-order valence-electron chi connectivity index (χ0n) is 18.8. The summed E-state index contributed by atoms with van der Waals surface area (Å²) in [6.07, 6.45) is 3.05. The first kappa shape index (κ1) is 22.3. The lowest BCUT2D eigenvalue weighted by Crippen LogP contribution is -2.44. The molecule has 0 spiro atoms. The predicted molar refractivity (Wildman–Crippen MR) is 130 cm³/mol. The van der Waals surface area contributed by atoms with Crippen molar-refractivity contribution in [2.45, 2.75) is 19.8 Å². The molecule has 2 aromatic carbocycles. The minimum Gasteiger partial charge on any atom is -0.355 e. The number of aryl methyl sites for hydroxylation is 1. The maximum Gasteiger partial charge on any atom is 0.263 e. The molecule has 7 nitrogen and oxygen atoms in total. The van der Waals surface area contributed by atoms with Crippen molar-refractivity contribution in [3.05, 3.63) is 65.2 Å². The summed E-state index contributed by atoms with van der Waals surface area (Å²) >= 11 is 6.18. The van der Waals surface area contributed by atoms with Crippen LogP contribution in [0.3, 0.4) is 0 Å². The van der Waals surface area contributed by atoms with Crippen LogP contribution in [0.1, 0.15) is 18.4 Å². The predicted octanol–water partition coefficient (Wildman–Crippen LogP) is 5.27. The molecule has 34 heavy (non-hydrogen) atoms. The van der Waals surface area contributed by atoms with E-state index >= 15 is 0 Å². The summed E-state index contributed by atoms with van der Waals surface area (Å²) in [5.74, 6) is 0.148. The number of hydrogen-bond acceptors (Lipinski definition) is 6. The van der Waals surface area contributed by atoms with Gasteiger partial charge < -0.3 is 14.3 Å². The standard InChI is InChI=1S/C25H23ClFN5O2/c1-15-5-8-18(26)12-20(15)31(2)25(33)17-4-3-11-32(13-17)23-21-22(16-6-9-19(27)10-7-16)30-34-24(21)29-14-28-23/h5-10,12,14,17H,3-4,11,13H2,1-2H3/t17-/m1/s1. The van der Waals surface area contributed by atoms with Crippen molar-refractivity contribution in [1.29, 1.82) is 0 Å². The van der Waals surface area contributed by atoms with Gasteiger partial charge in [-0.3, -0.25) is 4.79 Å². The lowest BCUT2D eigenvalue weighted by molar-refractivity contribution is -0.122. The van der Waals surface area contributed by atoms with Gasteiger partial charge in [-0.25, -0.2) is 9.37 Å². The fourth-order valence-corrected chi connectivity index (χ4v) is 4.69. The second-order valence-electron chi connectivity index (χ2n) is 8.53. The fraction of sp³-hybridized carbons (Fsp3) is 0.280. The van der Waals surface area contributed by atoms with Crippen molar-refractivity contribution in [3.63, 3.8) is 0 Å². The van der Waals surface area contributed by atoms with Gasteiger partial charge >= 0.3 is 0 Å². The van der Waals surface area contributed by atoms with E-state index in [0.717, 1.165) is 30.6 Å². The molecule has 9 heteroatoms. The molecule has 0 aliphatic carbocycles. The van der Waals surface area contributed by atoms with Crippen LogP contribution in [0.5, 0.6) is 0 Å². The van der Waals surface area contributed by atoms with Crippen molar-refractivity contribution in [1.82, 2.24) is 15.1 Å². The highest BCUT2D eigenvalue weighted by Gasteiger charge is 2.31. The lowest BCUT2D eigenvalue weighted by atomic mass is 9.95. The van der Waals surface area contributed by atoms with Crippen LogP contribution < -0.4 is 9.80 Å². The summed E-state index contributed by atoms with van der Waals surface area (Å²) in [4.78, 5) is 25.9. The minimum atomic E-state index is -0.329. The van der Waals surface area contributed by atoms with Gasteiger partial charge in [-0.1, -0.05) is 22.8 Å². The molecule has 1 fully saturated rings. The number of halogens is 2. The van der Waals surface area contributed by atoms with Gasteiger partial charge in [0.2, 0.25) is 5.91 Å². The zero-order chi connectivity index (χ0) is 23.8. The Kier molecular flexibility index (Phi) is 5.91. The smallest absolute Gasteiger partial charge is 0.263 e. The van der Waals surface area contributed by atoms with Gasteiger partial charge in [0.25, 0.3) is 5.71 Å². The minimum absolute atomic E-state index is 0.0319. The van der Waals surface area contributed by atoms with Gasteiger partial charge in [0.05, 0.1) is 5.92 Å². The molecule has 4 aromatic rings. The normalized spacial score (nSPS) is 16.1. The fourth-order valence-electron chi connectivity index (χ4n) is 4.52. The molecule has 2 aromatic heterocycles. The van der Waals surface area contributed by atoms with E-state index in [4.69, 9.17) is 16.1 Å². The molecule has 174 valence electrons. The summed E-state index contributed by atoms with van der Waals surface area (Å²) in [5.41, 5.74) is 3.39. The van der Waals surface area contributed by atoms with Gasteiger partial charge in [-0.2, -0.15) is 4.98 Å². The van der Waals surface area contributed by atoms with E-state index in [1.807, 2.05) is 25.1 Å². The Balaban J connectivity index is 1.45. The van der Waals surface area contributed by atoms with Crippen LogP contribution in [0.2, 0.25) is 5.02 Å². The quantitative estimate of drug-likeness (QED) is 0.397. The van der Waals surface area contributed by atoms with Crippen LogP contribution in [0.15, 0.2) is 53.3 Å². The van der Waals surface area contributed by atoms with Gasteiger partial charge in [-0.05, 0) is 61.7 Å². The van der Waals surface area contributed by atoms with Crippen LogP contribution >= 0.6 is 11.6 Å². The first-order valence-electron chi connectivity index (χ1n) is 11.1. The number of carbonyl (C=O) groups is 1. The van der Waals surface area contributed by atoms with Crippen molar-refractivity contribution in [2.24, 2.45) is 5.92 Å². The monoisotopic (exact) mass is 479 g/mol. The average Bonchev–Trinajstić information content (AvgIpc) is 3.29. The SMILES string of the molecule is Cc1ccc(Cl)cc1N(C)C(=O)[C@@H]1CCCN(c2ncnc3onc(-c4ccc(F)cc4)c23)C1. The summed E-state index contributed by atoms with van der Waals surface area (Å²) in [5, 5.41) is 5.42. The molecule has 0 unspecified atom stereocenters. The number of anilines is 2. The average molecular weight is 480 g/mol. The number of amides is 1. The third-order valence-electron chi connectivity index (χ3n) is 6.30. The van der Waals surface area contributed by atoms with Crippen molar-refractivity contribution < 1.29 is 13.7 Å². The van der Waals surface area contributed by atoms with E-state index in [0.29, 0.717) is 39.7 Å².